The summed E-state index contributed by atoms with van der Waals surface area (Å²) in [5.41, 5.74) is 0.717. The van der Waals surface area contributed by atoms with Crippen LogP contribution in [0.25, 0.3) is 5.69 Å². The fourth-order valence-corrected chi connectivity index (χ4v) is 1.82. The molecule has 0 saturated carbocycles. The lowest BCUT2D eigenvalue weighted by molar-refractivity contribution is -0.134. The van der Waals surface area contributed by atoms with Crippen LogP contribution in [-0.4, -0.2) is 24.8 Å². The van der Waals surface area contributed by atoms with Gasteiger partial charge < -0.3 is 18.8 Å². The zero-order valence-corrected chi connectivity index (χ0v) is 11.8. The van der Waals surface area contributed by atoms with Crippen molar-refractivity contribution in [1.82, 2.24) is 4.57 Å². The Hall–Kier alpha value is -2.43. The molecule has 5 nitrogen and oxygen atoms in total. The second-order valence-corrected chi connectivity index (χ2v) is 4.09. The van der Waals surface area contributed by atoms with Gasteiger partial charge in [-0.2, -0.15) is 0 Å². The molecule has 5 heteroatoms. The Morgan fingerprint density at radius 2 is 1.65 bits per heavy atom. The average Bonchev–Trinajstić information content (AvgIpc) is 3.00. The first-order valence-corrected chi connectivity index (χ1v) is 6.29. The Balaban J connectivity index is 2.53. The molecule has 0 radical (unpaired) electrons. The van der Waals surface area contributed by atoms with Gasteiger partial charge in [-0.1, -0.05) is 6.92 Å². The molecular formula is C15H17NO4. The van der Waals surface area contributed by atoms with Gasteiger partial charge in [0, 0.05) is 30.9 Å². The van der Waals surface area contributed by atoms with Crippen molar-refractivity contribution in [2.75, 3.05) is 14.2 Å². The van der Waals surface area contributed by atoms with Gasteiger partial charge in [0.25, 0.3) is 0 Å². The number of rotatable bonds is 5. The van der Waals surface area contributed by atoms with E-state index >= 15 is 0 Å². The summed E-state index contributed by atoms with van der Waals surface area (Å²) in [5, 5.41) is 0. The number of methoxy groups -OCH3 is 2. The van der Waals surface area contributed by atoms with Gasteiger partial charge in [-0.3, -0.25) is 4.79 Å². The smallest absolute Gasteiger partial charge is 0.310 e. The number of hydrogen-bond acceptors (Lipinski definition) is 4. The largest absolute Gasteiger partial charge is 0.493 e. The normalized spacial score (nSPS) is 10.2. The second-order valence-electron chi connectivity index (χ2n) is 4.09. The predicted molar refractivity (Wildman–Crippen MR) is 74.8 cm³/mol. The Bertz CT molecular complexity index is 590. The van der Waals surface area contributed by atoms with Crippen LogP contribution in [0.1, 0.15) is 13.3 Å². The van der Waals surface area contributed by atoms with Crippen LogP contribution < -0.4 is 14.2 Å². The van der Waals surface area contributed by atoms with E-state index in [1.54, 1.807) is 33.3 Å². The third-order valence-electron chi connectivity index (χ3n) is 2.86. The van der Waals surface area contributed by atoms with Crippen LogP contribution in [0, 0.1) is 0 Å². The zero-order valence-electron chi connectivity index (χ0n) is 11.8. The van der Waals surface area contributed by atoms with Crippen LogP contribution in [0.4, 0.5) is 0 Å². The van der Waals surface area contributed by atoms with Crippen LogP contribution >= 0.6 is 0 Å². The highest BCUT2D eigenvalue weighted by molar-refractivity contribution is 5.74. The molecule has 0 unspecified atom stereocenters. The molecule has 2 aromatic rings. The van der Waals surface area contributed by atoms with Gasteiger partial charge in [0.05, 0.1) is 19.9 Å². The van der Waals surface area contributed by atoms with Gasteiger partial charge in [-0.25, -0.2) is 0 Å². The maximum atomic E-state index is 11.6. The minimum Gasteiger partial charge on any atom is -0.493 e. The summed E-state index contributed by atoms with van der Waals surface area (Å²) in [4.78, 5) is 11.6. The lowest BCUT2D eigenvalue weighted by atomic mass is 10.2. The molecule has 1 aromatic heterocycles. The zero-order chi connectivity index (χ0) is 14.5. The van der Waals surface area contributed by atoms with Crippen molar-refractivity contribution < 1.29 is 19.0 Å². The molecule has 1 heterocycles. The lowest BCUT2D eigenvalue weighted by Crippen LogP contribution is -2.08. The molecule has 0 fully saturated rings. The predicted octanol–water partition coefficient (Wildman–Crippen LogP) is 2.81. The molecule has 0 aliphatic carbocycles. The maximum absolute atomic E-state index is 11.6. The van der Waals surface area contributed by atoms with Gasteiger partial charge in [0.2, 0.25) is 0 Å². The van der Waals surface area contributed by atoms with E-state index in [-0.39, 0.29) is 5.97 Å². The SMILES string of the molecule is CCC(=O)Oc1cc(OC)c(OC)cc1-n1cccc1. The first-order chi connectivity index (χ1) is 9.69. The van der Waals surface area contributed by atoms with Gasteiger partial charge >= 0.3 is 5.97 Å². The molecule has 0 spiro atoms. The Morgan fingerprint density at radius 1 is 1.05 bits per heavy atom. The molecule has 106 valence electrons. The number of carbonyl (C=O) groups is 1. The lowest BCUT2D eigenvalue weighted by Gasteiger charge is -2.15. The molecule has 0 amide bonds. The van der Waals surface area contributed by atoms with E-state index in [1.165, 1.54) is 0 Å². The van der Waals surface area contributed by atoms with E-state index < -0.39 is 0 Å². The van der Waals surface area contributed by atoms with Crippen LogP contribution in [0.15, 0.2) is 36.7 Å². The molecule has 2 rings (SSSR count). The fraction of sp³-hybridized carbons (Fsp3) is 0.267. The van der Waals surface area contributed by atoms with Crippen molar-refractivity contribution in [3.8, 4) is 22.9 Å². The van der Waals surface area contributed by atoms with Crippen molar-refractivity contribution >= 4 is 5.97 Å². The van der Waals surface area contributed by atoms with Crippen LogP contribution in [0.2, 0.25) is 0 Å². The first kappa shape index (κ1) is 14.0. The monoisotopic (exact) mass is 275 g/mol. The van der Waals surface area contributed by atoms with Crippen LogP contribution in [-0.2, 0) is 4.79 Å². The Morgan fingerprint density at radius 3 is 2.20 bits per heavy atom. The van der Waals surface area contributed by atoms with Crippen LogP contribution in [0.3, 0.4) is 0 Å². The van der Waals surface area contributed by atoms with Gasteiger partial charge in [0.1, 0.15) is 0 Å². The topological polar surface area (TPSA) is 49.7 Å². The summed E-state index contributed by atoms with van der Waals surface area (Å²) >= 11 is 0. The average molecular weight is 275 g/mol. The molecule has 0 N–H and O–H groups in total. The summed E-state index contributed by atoms with van der Waals surface area (Å²) in [7, 11) is 3.10. The number of aromatic nitrogens is 1. The molecule has 0 aliphatic rings. The third-order valence-corrected chi connectivity index (χ3v) is 2.86. The standard InChI is InChI=1S/C15H17NO4/c1-4-15(17)20-12-10-14(19-3)13(18-2)9-11(12)16-7-5-6-8-16/h5-10H,4H2,1-3H3. The molecule has 0 atom stereocenters. The molecule has 20 heavy (non-hydrogen) atoms. The minimum absolute atomic E-state index is 0.300. The molecule has 0 bridgehead atoms. The highest BCUT2D eigenvalue weighted by Crippen LogP contribution is 2.37. The van der Waals surface area contributed by atoms with Crippen molar-refractivity contribution in [3.05, 3.63) is 36.7 Å². The number of esters is 1. The first-order valence-electron chi connectivity index (χ1n) is 6.29. The van der Waals surface area contributed by atoms with E-state index in [0.717, 1.165) is 5.69 Å². The van der Waals surface area contributed by atoms with E-state index in [1.807, 2.05) is 29.1 Å². The summed E-state index contributed by atoms with van der Waals surface area (Å²) < 4.78 is 17.7. The highest BCUT2D eigenvalue weighted by atomic mass is 16.5. The summed E-state index contributed by atoms with van der Waals surface area (Å²) in [6, 6.07) is 7.21. The van der Waals surface area contributed by atoms with Gasteiger partial charge in [-0.05, 0) is 12.1 Å². The van der Waals surface area contributed by atoms with Crippen molar-refractivity contribution in [2.24, 2.45) is 0 Å². The Labute approximate surface area is 117 Å². The second kappa shape index (κ2) is 6.14. The van der Waals surface area contributed by atoms with Crippen molar-refractivity contribution in [1.29, 1.82) is 0 Å². The summed E-state index contributed by atoms with van der Waals surface area (Å²) in [6.45, 7) is 1.75. The molecular weight excluding hydrogens is 258 g/mol. The summed E-state index contributed by atoms with van der Waals surface area (Å²) in [6.07, 6.45) is 4.04. The quantitative estimate of drug-likeness (QED) is 0.622. The molecule has 0 saturated heterocycles. The number of carbonyl (C=O) groups excluding carboxylic acids is 1. The summed E-state index contributed by atoms with van der Waals surface area (Å²) in [5.74, 6) is 1.23. The van der Waals surface area contributed by atoms with E-state index in [4.69, 9.17) is 14.2 Å². The maximum Gasteiger partial charge on any atom is 0.310 e. The van der Waals surface area contributed by atoms with Crippen molar-refractivity contribution in [2.45, 2.75) is 13.3 Å². The highest BCUT2D eigenvalue weighted by Gasteiger charge is 2.15. The van der Waals surface area contributed by atoms with E-state index in [2.05, 4.69) is 0 Å². The number of ether oxygens (including phenoxy) is 3. The number of nitrogens with zero attached hydrogens (tertiary/aromatic N) is 1. The minimum atomic E-state index is -0.300. The number of benzene rings is 1. The fourth-order valence-electron chi connectivity index (χ4n) is 1.82. The van der Waals surface area contributed by atoms with Crippen molar-refractivity contribution in [3.63, 3.8) is 0 Å². The number of hydrogen-bond donors (Lipinski definition) is 0. The van der Waals surface area contributed by atoms with Gasteiger partial charge in [-0.15, -0.1) is 0 Å². The molecule has 0 aliphatic heterocycles. The van der Waals surface area contributed by atoms with Crippen LogP contribution in [0.5, 0.6) is 17.2 Å². The molecule has 1 aromatic carbocycles. The Kier molecular flexibility index (Phi) is 4.30. The third kappa shape index (κ3) is 2.77. The van der Waals surface area contributed by atoms with E-state index in [0.29, 0.717) is 23.7 Å². The van der Waals surface area contributed by atoms with E-state index in [9.17, 15) is 4.79 Å². The van der Waals surface area contributed by atoms with Gasteiger partial charge in [0.15, 0.2) is 17.2 Å².